The Morgan fingerprint density at radius 2 is 1.90 bits per heavy atom. The lowest BCUT2D eigenvalue weighted by Crippen LogP contribution is -2.33. The van der Waals surface area contributed by atoms with Crippen LogP contribution in [-0.2, 0) is 0 Å². The number of benzene rings is 3. The molecule has 0 aromatic heterocycles. The van der Waals surface area contributed by atoms with E-state index < -0.39 is 6.17 Å². The van der Waals surface area contributed by atoms with Crippen LogP contribution in [0.15, 0.2) is 70.1 Å². The molecule has 2 atom stereocenters. The summed E-state index contributed by atoms with van der Waals surface area (Å²) in [4.78, 5) is 4.82. The lowest BCUT2D eigenvalue weighted by molar-refractivity contribution is 0.340. The first-order valence-electron chi connectivity index (χ1n) is 9.94. The van der Waals surface area contributed by atoms with Gasteiger partial charge in [-0.05, 0) is 73.2 Å². The summed E-state index contributed by atoms with van der Waals surface area (Å²) < 4.78 is 21.0. The minimum Gasteiger partial charge on any atom is -0.508 e. The first-order valence-corrected chi connectivity index (χ1v) is 11.1. The molecule has 31 heavy (non-hydrogen) atoms. The maximum Gasteiger partial charge on any atom is 0.129 e. The molecular weight excluding hydrogens is 483 g/mol. The van der Waals surface area contributed by atoms with Crippen LogP contribution < -0.4 is 10.1 Å². The number of nitrogens with zero attached hydrogens (tertiary/aromatic N) is 1. The average Bonchev–Trinajstić information content (AvgIpc) is 2.77. The zero-order chi connectivity index (χ0) is 22.0. The first-order chi connectivity index (χ1) is 14.9. The van der Waals surface area contributed by atoms with Gasteiger partial charge in [0, 0.05) is 38.8 Å². The highest BCUT2D eigenvalue weighted by atomic mass is 79.9. The third-order valence-corrected chi connectivity index (χ3v) is 5.89. The van der Waals surface area contributed by atoms with Gasteiger partial charge < -0.3 is 9.84 Å². The van der Waals surface area contributed by atoms with Gasteiger partial charge in [-0.2, -0.15) is 0 Å². The van der Waals surface area contributed by atoms with Gasteiger partial charge in [0.2, 0.25) is 0 Å². The van der Waals surface area contributed by atoms with Crippen LogP contribution in [-0.4, -0.2) is 17.4 Å². The lowest BCUT2D eigenvalue weighted by atomic mass is 9.93. The molecule has 4 nitrogen and oxygen atoms in total. The SMILES string of the molecule is CCOc1ccc(C2=N[C@@H](c3cc(Br)ccc3F)N[C@@H](c3cc(Cl)ccc3O)C2)cc1. The molecule has 7 heteroatoms. The Balaban J connectivity index is 1.77. The molecule has 0 radical (unpaired) electrons. The van der Waals surface area contributed by atoms with Crippen molar-refractivity contribution in [2.75, 3.05) is 6.61 Å². The predicted molar refractivity (Wildman–Crippen MR) is 125 cm³/mol. The van der Waals surface area contributed by atoms with Crippen molar-refractivity contribution in [2.45, 2.75) is 25.6 Å². The van der Waals surface area contributed by atoms with E-state index in [1.54, 1.807) is 30.3 Å². The first kappa shape index (κ1) is 21.8. The third kappa shape index (κ3) is 4.92. The Morgan fingerprint density at radius 3 is 2.65 bits per heavy atom. The lowest BCUT2D eigenvalue weighted by Gasteiger charge is -2.31. The molecule has 0 amide bonds. The zero-order valence-corrected chi connectivity index (χ0v) is 19.1. The van der Waals surface area contributed by atoms with E-state index in [1.807, 2.05) is 31.2 Å². The summed E-state index contributed by atoms with van der Waals surface area (Å²) >= 11 is 9.60. The number of aromatic hydroxyl groups is 1. The predicted octanol–water partition coefficient (Wildman–Crippen LogP) is 6.57. The van der Waals surface area contributed by atoms with Gasteiger partial charge in [0.1, 0.15) is 23.5 Å². The third-order valence-electron chi connectivity index (χ3n) is 5.16. The molecule has 0 saturated carbocycles. The molecule has 0 unspecified atom stereocenters. The van der Waals surface area contributed by atoms with Crippen molar-refractivity contribution in [3.05, 3.63) is 92.7 Å². The number of phenolic OH excluding ortho intramolecular Hbond substituents is 1. The molecule has 3 aromatic carbocycles. The van der Waals surface area contributed by atoms with E-state index >= 15 is 0 Å². The summed E-state index contributed by atoms with van der Waals surface area (Å²) in [5, 5.41) is 14.3. The summed E-state index contributed by atoms with van der Waals surface area (Å²) in [6.07, 6.45) is -0.121. The van der Waals surface area contributed by atoms with Crippen molar-refractivity contribution in [3.8, 4) is 11.5 Å². The highest BCUT2D eigenvalue weighted by Gasteiger charge is 2.29. The molecule has 0 bridgehead atoms. The van der Waals surface area contributed by atoms with Crippen molar-refractivity contribution >= 4 is 33.2 Å². The number of hydrogen-bond acceptors (Lipinski definition) is 4. The number of ether oxygens (including phenoxy) is 1. The number of hydrogen-bond donors (Lipinski definition) is 2. The van der Waals surface area contributed by atoms with Crippen LogP contribution in [0, 0.1) is 5.82 Å². The molecule has 1 aliphatic heterocycles. The monoisotopic (exact) mass is 502 g/mol. The van der Waals surface area contributed by atoms with Crippen molar-refractivity contribution in [1.29, 1.82) is 0 Å². The summed E-state index contributed by atoms with van der Waals surface area (Å²) in [6.45, 7) is 2.52. The summed E-state index contributed by atoms with van der Waals surface area (Å²) in [7, 11) is 0. The fourth-order valence-corrected chi connectivity index (χ4v) is 4.24. The van der Waals surface area contributed by atoms with Crippen LogP contribution in [0.1, 0.15) is 42.2 Å². The van der Waals surface area contributed by atoms with E-state index in [-0.39, 0.29) is 17.6 Å². The number of phenols is 1. The molecule has 3 aromatic rings. The Hall–Kier alpha value is -2.41. The molecule has 4 rings (SSSR count). The fourth-order valence-electron chi connectivity index (χ4n) is 3.68. The molecule has 0 spiro atoms. The fraction of sp³-hybridized carbons (Fsp3) is 0.208. The maximum absolute atomic E-state index is 14.7. The number of halogens is 3. The van der Waals surface area contributed by atoms with Crippen molar-refractivity contribution in [2.24, 2.45) is 4.99 Å². The summed E-state index contributed by atoms with van der Waals surface area (Å²) in [5.74, 6) is 0.550. The molecule has 1 heterocycles. The second kappa shape index (κ2) is 9.39. The second-order valence-corrected chi connectivity index (χ2v) is 8.58. The van der Waals surface area contributed by atoms with E-state index in [0.29, 0.717) is 29.2 Å². The Labute approximate surface area is 193 Å². The molecule has 1 aliphatic rings. The number of rotatable bonds is 5. The van der Waals surface area contributed by atoms with Gasteiger partial charge in [-0.3, -0.25) is 10.3 Å². The molecule has 0 fully saturated rings. The Kier molecular flexibility index (Phi) is 6.60. The molecule has 160 valence electrons. The van der Waals surface area contributed by atoms with Gasteiger partial charge in [-0.25, -0.2) is 4.39 Å². The van der Waals surface area contributed by atoms with E-state index in [4.69, 9.17) is 21.3 Å². The smallest absolute Gasteiger partial charge is 0.129 e. The Morgan fingerprint density at radius 1 is 1.13 bits per heavy atom. The van der Waals surface area contributed by atoms with E-state index in [1.165, 1.54) is 6.07 Å². The standard InChI is InChI=1S/C24H21BrClFN2O2/c1-2-31-17-7-3-14(4-8-17)21-13-22(19-12-16(26)6-10-23(19)30)29-24(28-21)18-11-15(25)5-9-20(18)27/h3-12,22,24,29-30H,2,13H2,1H3/t22-,24-/m1/s1. The Bertz CT molecular complexity index is 1120. The number of aliphatic imine (C=N–C) groups is 1. The quantitative estimate of drug-likeness (QED) is 0.414. The van der Waals surface area contributed by atoms with Gasteiger partial charge in [0.15, 0.2) is 0 Å². The van der Waals surface area contributed by atoms with Crippen molar-refractivity contribution in [3.63, 3.8) is 0 Å². The maximum atomic E-state index is 14.7. The molecular formula is C24H21BrClFN2O2. The van der Waals surface area contributed by atoms with Gasteiger partial charge >= 0.3 is 0 Å². The van der Waals surface area contributed by atoms with Gasteiger partial charge in [-0.15, -0.1) is 0 Å². The van der Waals surface area contributed by atoms with Crippen LogP contribution in [0.5, 0.6) is 11.5 Å². The highest BCUT2D eigenvalue weighted by molar-refractivity contribution is 9.10. The highest BCUT2D eigenvalue weighted by Crippen LogP contribution is 2.37. The average molecular weight is 504 g/mol. The zero-order valence-electron chi connectivity index (χ0n) is 16.8. The van der Waals surface area contributed by atoms with E-state index in [2.05, 4.69) is 21.2 Å². The second-order valence-electron chi connectivity index (χ2n) is 7.23. The van der Waals surface area contributed by atoms with Crippen LogP contribution in [0.3, 0.4) is 0 Å². The van der Waals surface area contributed by atoms with Gasteiger partial charge in [0.05, 0.1) is 6.61 Å². The van der Waals surface area contributed by atoms with Crippen molar-refractivity contribution < 1.29 is 14.2 Å². The van der Waals surface area contributed by atoms with Crippen LogP contribution in [0.25, 0.3) is 0 Å². The van der Waals surface area contributed by atoms with Gasteiger partial charge in [-0.1, -0.05) is 27.5 Å². The summed E-state index contributed by atoms with van der Waals surface area (Å²) in [5.41, 5.74) is 2.78. The largest absolute Gasteiger partial charge is 0.508 e. The minimum absolute atomic E-state index is 0.128. The molecule has 0 saturated heterocycles. The molecule has 0 aliphatic carbocycles. The minimum atomic E-state index is -0.629. The van der Waals surface area contributed by atoms with E-state index in [0.717, 1.165) is 21.5 Å². The van der Waals surface area contributed by atoms with Gasteiger partial charge in [0.25, 0.3) is 0 Å². The van der Waals surface area contributed by atoms with Crippen molar-refractivity contribution in [1.82, 2.24) is 5.32 Å². The normalized spacial score (nSPS) is 18.5. The summed E-state index contributed by atoms with van der Waals surface area (Å²) in [6, 6.07) is 17.1. The van der Waals surface area contributed by atoms with Crippen LogP contribution >= 0.6 is 27.5 Å². The van der Waals surface area contributed by atoms with E-state index in [9.17, 15) is 9.50 Å². The van der Waals surface area contributed by atoms with Crippen LogP contribution in [0.2, 0.25) is 5.02 Å². The topological polar surface area (TPSA) is 53.8 Å². The van der Waals surface area contributed by atoms with Crippen LogP contribution in [0.4, 0.5) is 4.39 Å². The molecule has 2 N–H and O–H groups in total. The number of nitrogens with one attached hydrogen (secondary N) is 1.